The molecule has 1 fully saturated rings. The second kappa shape index (κ2) is 14.6. The Bertz CT molecular complexity index is 819. The maximum absolute atomic E-state index is 11.7. The van der Waals surface area contributed by atoms with E-state index in [0.717, 1.165) is 36.9 Å². The summed E-state index contributed by atoms with van der Waals surface area (Å²) in [6.45, 7) is 1.23. The molecule has 1 aromatic carbocycles. The number of aliphatic carboxylic acids is 3. The molecule has 0 aliphatic carbocycles. The number of nitrogens with one attached hydrogen (secondary N) is 1. The number of rotatable bonds is 10. The van der Waals surface area contributed by atoms with Crippen molar-refractivity contribution in [3.8, 4) is 0 Å². The Balaban J connectivity index is 2.24. The van der Waals surface area contributed by atoms with Gasteiger partial charge in [0.2, 0.25) is 0 Å². The van der Waals surface area contributed by atoms with Gasteiger partial charge in [0.15, 0.2) is 0 Å². The molecule has 2 rings (SSSR count). The molecule has 1 saturated heterocycles. The molecule has 1 aromatic rings. The monoisotopic (exact) mass is 493 g/mol. The van der Waals surface area contributed by atoms with E-state index in [1.165, 1.54) is 5.49 Å². The van der Waals surface area contributed by atoms with E-state index in [2.05, 4.69) is 5.32 Å². The van der Waals surface area contributed by atoms with Crippen molar-refractivity contribution in [2.45, 2.75) is 51.0 Å². The largest absolute Gasteiger partial charge is 0.481 e. The first-order chi connectivity index (χ1) is 16.3. The summed E-state index contributed by atoms with van der Waals surface area (Å²) in [6, 6.07) is 7.58. The number of benzene rings is 1. The predicted octanol–water partition coefficient (Wildman–Crippen LogP) is 2.79. The first kappa shape index (κ1) is 27.7. The van der Waals surface area contributed by atoms with Gasteiger partial charge >= 0.3 is 17.9 Å². The molecule has 34 heavy (non-hydrogen) atoms. The SMILES string of the molecule is O=C(O)CC1CCCCN(CC(=O)O)C(Cc2ccc(NC=S)cc2)CN(CC(=O)O)CCC1. The average molecular weight is 494 g/mol. The van der Waals surface area contributed by atoms with Crippen molar-refractivity contribution in [3.05, 3.63) is 29.8 Å². The van der Waals surface area contributed by atoms with Crippen LogP contribution in [0.1, 0.15) is 44.1 Å². The third-order valence-corrected chi connectivity index (χ3v) is 6.31. The Hall–Kier alpha value is -2.56. The van der Waals surface area contributed by atoms with Gasteiger partial charge in [-0.1, -0.05) is 30.8 Å². The molecule has 0 amide bonds. The Morgan fingerprint density at radius 3 is 2.24 bits per heavy atom. The number of thiocarbonyl (C=S) groups is 1. The number of hydrogen-bond acceptors (Lipinski definition) is 6. The highest BCUT2D eigenvalue weighted by Gasteiger charge is 2.26. The molecule has 0 radical (unpaired) electrons. The number of hydrogen-bond donors (Lipinski definition) is 4. The van der Waals surface area contributed by atoms with E-state index in [1.54, 1.807) is 0 Å². The van der Waals surface area contributed by atoms with E-state index in [-0.39, 0.29) is 31.5 Å². The van der Waals surface area contributed by atoms with Crippen molar-refractivity contribution in [3.63, 3.8) is 0 Å². The summed E-state index contributed by atoms with van der Waals surface area (Å²) in [5.74, 6) is -2.63. The number of nitrogens with zero attached hydrogens (tertiary/aromatic N) is 2. The molecule has 9 nitrogen and oxygen atoms in total. The lowest BCUT2D eigenvalue weighted by atomic mass is 9.92. The molecule has 188 valence electrons. The lowest BCUT2D eigenvalue weighted by molar-refractivity contribution is -0.141. The lowest BCUT2D eigenvalue weighted by Gasteiger charge is -2.35. The van der Waals surface area contributed by atoms with Gasteiger partial charge < -0.3 is 20.6 Å². The van der Waals surface area contributed by atoms with Crippen LogP contribution in [-0.2, 0) is 20.8 Å². The number of carbonyl (C=O) groups is 3. The van der Waals surface area contributed by atoms with Crippen LogP contribution in [0.15, 0.2) is 24.3 Å². The van der Waals surface area contributed by atoms with Crippen molar-refractivity contribution in [2.24, 2.45) is 5.92 Å². The number of carboxylic acid groups (broad SMARTS) is 3. The Labute approximate surface area is 205 Å². The minimum Gasteiger partial charge on any atom is -0.481 e. The maximum atomic E-state index is 11.7. The molecule has 1 heterocycles. The minimum absolute atomic E-state index is 0.0480. The van der Waals surface area contributed by atoms with E-state index >= 15 is 0 Å². The van der Waals surface area contributed by atoms with Gasteiger partial charge in [-0.15, -0.1) is 0 Å². The summed E-state index contributed by atoms with van der Waals surface area (Å²) in [6.07, 6.45) is 4.49. The van der Waals surface area contributed by atoms with Gasteiger partial charge in [0.1, 0.15) is 0 Å². The summed E-state index contributed by atoms with van der Waals surface area (Å²) < 4.78 is 0. The van der Waals surface area contributed by atoms with Gasteiger partial charge in [-0.25, -0.2) is 0 Å². The Kier molecular flexibility index (Phi) is 11.9. The van der Waals surface area contributed by atoms with E-state index in [1.807, 2.05) is 34.1 Å². The molecular weight excluding hydrogens is 458 g/mol. The fourth-order valence-corrected chi connectivity index (χ4v) is 4.76. The third kappa shape index (κ3) is 10.6. The molecule has 4 N–H and O–H groups in total. The zero-order valence-corrected chi connectivity index (χ0v) is 20.2. The van der Waals surface area contributed by atoms with Crippen LogP contribution < -0.4 is 5.32 Å². The number of anilines is 1. The quantitative estimate of drug-likeness (QED) is 0.361. The van der Waals surface area contributed by atoms with Crippen LogP contribution in [0.25, 0.3) is 0 Å². The van der Waals surface area contributed by atoms with Gasteiger partial charge in [0, 0.05) is 24.7 Å². The van der Waals surface area contributed by atoms with E-state index < -0.39 is 17.9 Å². The topological polar surface area (TPSA) is 130 Å². The third-order valence-electron chi connectivity index (χ3n) is 6.19. The van der Waals surface area contributed by atoms with Crippen molar-refractivity contribution in [1.29, 1.82) is 0 Å². The summed E-state index contributed by atoms with van der Waals surface area (Å²) in [7, 11) is 0. The van der Waals surface area contributed by atoms with E-state index in [9.17, 15) is 29.7 Å². The van der Waals surface area contributed by atoms with Crippen LogP contribution in [0.3, 0.4) is 0 Å². The summed E-state index contributed by atoms with van der Waals surface area (Å²) in [5.41, 5.74) is 3.32. The second-order valence-electron chi connectivity index (χ2n) is 8.91. The Morgan fingerprint density at radius 1 is 0.941 bits per heavy atom. The van der Waals surface area contributed by atoms with E-state index in [0.29, 0.717) is 32.5 Å². The smallest absolute Gasteiger partial charge is 0.317 e. The standard InChI is InChI=1S/C24H35N3O6S/c28-22(29)13-18-4-1-2-11-27(16-24(32)33)21(14-26(10-3-5-18)15-23(30)31)12-19-6-8-20(9-7-19)25-17-34/h6-9,17-18,21H,1-5,10-16H2,(H,25,34)(H,28,29)(H,30,31)(H,32,33). The second-order valence-corrected chi connectivity index (χ2v) is 9.15. The average Bonchev–Trinajstić information content (AvgIpc) is 2.74. The molecule has 0 saturated carbocycles. The molecular formula is C24H35N3O6S. The zero-order chi connectivity index (χ0) is 24.9. The molecule has 1 aliphatic heterocycles. The fourth-order valence-electron chi connectivity index (χ4n) is 4.62. The minimum atomic E-state index is -0.937. The molecule has 10 heteroatoms. The van der Waals surface area contributed by atoms with Gasteiger partial charge in [-0.05, 0) is 68.8 Å². The maximum Gasteiger partial charge on any atom is 0.317 e. The van der Waals surface area contributed by atoms with Crippen LogP contribution in [-0.4, -0.2) is 87.3 Å². The van der Waals surface area contributed by atoms with Crippen LogP contribution in [0.4, 0.5) is 5.69 Å². The zero-order valence-electron chi connectivity index (χ0n) is 19.4. The van der Waals surface area contributed by atoms with Crippen LogP contribution in [0.2, 0.25) is 0 Å². The van der Waals surface area contributed by atoms with Gasteiger partial charge in [-0.2, -0.15) is 0 Å². The highest BCUT2D eigenvalue weighted by molar-refractivity contribution is 7.79. The highest BCUT2D eigenvalue weighted by Crippen LogP contribution is 2.22. The summed E-state index contributed by atoms with van der Waals surface area (Å²) in [4.78, 5) is 38.2. The molecule has 2 atom stereocenters. The number of carboxylic acids is 3. The predicted molar refractivity (Wildman–Crippen MR) is 133 cm³/mol. The van der Waals surface area contributed by atoms with Crippen LogP contribution in [0.5, 0.6) is 0 Å². The van der Waals surface area contributed by atoms with E-state index in [4.69, 9.17) is 12.2 Å². The Morgan fingerprint density at radius 2 is 1.62 bits per heavy atom. The molecule has 0 bridgehead atoms. The first-order valence-corrected chi connectivity index (χ1v) is 12.1. The van der Waals surface area contributed by atoms with Crippen molar-refractivity contribution in [2.75, 3.05) is 38.0 Å². The van der Waals surface area contributed by atoms with Crippen molar-refractivity contribution < 1.29 is 29.7 Å². The van der Waals surface area contributed by atoms with Gasteiger partial charge in [0.05, 0.1) is 18.6 Å². The fraction of sp³-hybridized carbons (Fsp3) is 0.583. The van der Waals surface area contributed by atoms with Crippen LogP contribution >= 0.6 is 12.2 Å². The van der Waals surface area contributed by atoms with Crippen molar-refractivity contribution >= 4 is 41.3 Å². The van der Waals surface area contributed by atoms with Gasteiger partial charge in [-0.3, -0.25) is 24.2 Å². The molecule has 0 spiro atoms. The normalized spacial score (nSPS) is 21.1. The molecule has 2 unspecified atom stereocenters. The molecule has 0 aromatic heterocycles. The summed E-state index contributed by atoms with van der Waals surface area (Å²) in [5, 5.41) is 31.2. The lowest BCUT2D eigenvalue weighted by Crippen LogP contribution is -2.49. The van der Waals surface area contributed by atoms with Crippen LogP contribution in [0, 0.1) is 5.92 Å². The highest BCUT2D eigenvalue weighted by atomic mass is 32.1. The summed E-state index contributed by atoms with van der Waals surface area (Å²) >= 11 is 4.82. The molecule has 1 aliphatic rings. The first-order valence-electron chi connectivity index (χ1n) is 11.7. The van der Waals surface area contributed by atoms with Gasteiger partial charge in [0.25, 0.3) is 0 Å². The van der Waals surface area contributed by atoms with Crippen molar-refractivity contribution in [1.82, 2.24) is 9.80 Å².